The first-order valence-electron chi connectivity index (χ1n) is 9.44. The summed E-state index contributed by atoms with van der Waals surface area (Å²) in [5, 5.41) is 6.08. The van der Waals surface area contributed by atoms with Crippen molar-refractivity contribution in [2.45, 2.75) is 19.3 Å². The van der Waals surface area contributed by atoms with Crippen LogP contribution in [0.1, 0.15) is 18.7 Å². The highest BCUT2D eigenvalue weighted by atomic mass is 19.1. The summed E-state index contributed by atoms with van der Waals surface area (Å²) >= 11 is 0. The number of aryl methyl sites for hydroxylation is 1. The molecule has 1 heterocycles. The van der Waals surface area contributed by atoms with Gasteiger partial charge in [0.1, 0.15) is 5.82 Å². The third-order valence-corrected chi connectivity index (χ3v) is 4.85. The van der Waals surface area contributed by atoms with Crippen molar-refractivity contribution in [1.29, 1.82) is 0 Å². The maximum atomic E-state index is 13.0. The zero-order valence-electron chi connectivity index (χ0n) is 16.0. The number of amides is 1. The second kappa shape index (κ2) is 8.22. The molecule has 4 aromatic rings. The lowest BCUT2D eigenvalue weighted by Gasteiger charge is -2.19. The molecule has 0 N–H and O–H groups in total. The van der Waals surface area contributed by atoms with Gasteiger partial charge in [0.25, 0.3) is 0 Å². The summed E-state index contributed by atoms with van der Waals surface area (Å²) in [6.07, 6.45) is 1.47. The van der Waals surface area contributed by atoms with Crippen molar-refractivity contribution >= 4 is 22.4 Å². The van der Waals surface area contributed by atoms with E-state index in [9.17, 15) is 9.18 Å². The number of nitrogens with zero attached hydrogens (tertiary/aromatic N) is 3. The molecule has 1 aromatic heterocycles. The van der Waals surface area contributed by atoms with Crippen molar-refractivity contribution in [3.8, 4) is 11.4 Å². The van der Waals surface area contributed by atoms with E-state index in [0.29, 0.717) is 36.5 Å². The summed E-state index contributed by atoms with van der Waals surface area (Å²) < 4.78 is 18.3. The zero-order valence-corrected chi connectivity index (χ0v) is 16.0. The Hall–Kier alpha value is -3.54. The van der Waals surface area contributed by atoms with Gasteiger partial charge < -0.3 is 9.42 Å². The van der Waals surface area contributed by atoms with Crippen LogP contribution in [0, 0.1) is 5.82 Å². The van der Waals surface area contributed by atoms with Crippen LogP contribution in [-0.2, 0) is 11.2 Å². The molecular formula is C23H20FN3O2. The summed E-state index contributed by atoms with van der Waals surface area (Å²) in [5.41, 5.74) is 1.58. The van der Waals surface area contributed by atoms with E-state index in [4.69, 9.17) is 4.52 Å². The SMILES string of the molecule is CN(C(=O)CCCc1nc(-c2ccc(F)cc2)no1)c1cccc2ccccc12. The number of hydrogen-bond acceptors (Lipinski definition) is 4. The number of fused-ring (bicyclic) bond motifs is 1. The Labute approximate surface area is 167 Å². The lowest BCUT2D eigenvalue weighted by atomic mass is 10.1. The molecule has 0 aliphatic heterocycles. The monoisotopic (exact) mass is 389 g/mol. The van der Waals surface area contributed by atoms with E-state index in [1.165, 1.54) is 12.1 Å². The van der Waals surface area contributed by atoms with Gasteiger partial charge >= 0.3 is 0 Å². The minimum atomic E-state index is -0.314. The Morgan fingerprint density at radius 2 is 1.79 bits per heavy atom. The van der Waals surface area contributed by atoms with E-state index >= 15 is 0 Å². The second-order valence-electron chi connectivity index (χ2n) is 6.82. The maximum absolute atomic E-state index is 13.0. The van der Waals surface area contributed by atoms with Crippen LogP contribution in [0.4, 0.5) is 10.1 Å². The molecule has 29 heavy (non-hydrogen) atoms. The van der Waals surface area contributed by atoms with Gasteiger partial charge in [-0.05, 0) is 42.1 Å². The highest BCUT2D eigenvalue weighted by molar-refractivity contribution is 6.03. The van der Waals surface area contributed by atoms with Gasteiger partial charge in [0.15, 0.2) is 0 Å². The number of halogens is 1. The van der Waals surface area contributed by atoms with E-state index in [1.807, 2.05) is 42.5 Å². The quantitative estimate of drug-likeness (QED) is 0.465. The van der Waals surface area contributed by atoms with Crippen molar-refractivity contribution in [3.05, 3.63) is 78.4 Å². The lowest BCUT2D eigenvalue weighted by Crippen LogP contribution is -2.26. The smallest absolute Gasteiger partial charge is 0.226 e. The molecule has 4 rings (SSSR count). The standard InChI is InChI=1S/C23H20FN3O2/c1-27(20-9-4-7-16-6-2-3-8-19(16)20)22(28)11-5-10-21-25-23(26-29-21)17-12-14-18(24)15-13-17/h2-4,6-9,12-15H,5,10-11H2,1H3. The van der Waals surface area contributed by atoms with Gasteiger partial charge in [-0.15, -0.1) is 0 Å². The van der Waals surface area contributed by atoms with Gasteiger partial charge in [-0.3, -0.25) is 4.79 Å². The van der Waals surface area contributed by atoms with Crippen LogP contribution in [-0.4, -0.2) is 23.1 Å². The minimum Gasteiger partial charge on any atom is -0.339 e. The normalized spacial score (nSPS) is 11.0. The highest BCUT2D eigenvalue weighted by Gasteiger charge is 2.14. The molecular weight excluding hydrogens is 369 g/mol. The third kappa shape index (κ3) is 4.16. The zero-order chi connectivity index (χ0) is 20.2. The minimum absolute atomic E-state index is 0.0274. The predicted molar refractivity (Wildman–Crippen MR) is 110 cm³/mol. The van der Waals surface area contributed by atoms with Crippen LogP contribution in [0.25, 0.3) is 22.2 Å². The Balaban J connectivity index is 1.37. The average molecular weight is 389 g/mol. The first kappa shape index (κ1) is 18.8. The molecule has 0 fully saturated rings. The Kier molecular flexibility index (Phi) is 5.33. The first-order chi connectivity index (χ1) is 14.1. The number of carbonyl (C=O) groups excluding carboxylic acids is 1. The summed E-state index contributed by atoms with van der Waals surface area (Å²) in [6, 6.07) is 19.9. The Morgan fingerprint density at radius 3 is 2.62 bits per heavy atom. The molecule has 0 saturated carbocycles. The van der Waals surface area contributed by atoms with Crippen molar-refractivity contribution < 1.29 is 13.7 Å². The molecule has 5 nitrogen and oxygen atoms in total. The second-order valence-corrected chi connectivity index (χ2v) is 6.82. The van der Waals surface area contributed by atoms with Gasteiger partial charge in [-0.25, -0.2) is 4.39 Å². The molecule has 146 valence electrons. The third-order valence-electron chi connectivity index (χ3n) is 4.85. The van der Waals surface area contributed by atoms with Crippen molar-refractivity contribution in [2.75, 3.05) is 11.9 Å². The molecule has 0 aliphatic rings. The number of rotatable bonds is 6. The first-order valence-corrected chi connectivity index (χ1v) is 9.44. The molecule has 0 unspecified atom stereocenters. The van der Waals surface area contributed by atoms with Gasteiger partial charge in [-0.1, -0.05) is 41.6 Å². The summed E-state index contributed by atoms with van der Waals surface area (Å²) in [5.74, 6) is 0.593. The molecule has 0 aliphatic carbocycles. The van der Waals surface area contributed by atoms with Crippen LogP contribution in [0.15, 0.2) is 71.3 Å². The van der Waals surface area contributed by atoms with Crippen LogP contribution in [0.2, 0.25) is 0 Å². The highest BCUT2D eigenvalue weighted by Crippen LogP contribution is 2.26. The molecule has 0 radical (unpaired) electrons. The predicted octanol–water partition coefficient (Wildman–Crippen LogP) is 5.01. The van der Waals surface area contributed by atoms with Crippen molar-refractivity contribution in [2.24, 2.45) is 0 Å². The number of aromatic nitrogens is 2. The van der Waals surface area contributed by atoms with Crippen LogP contribution >= 0.6 is 0 Å². The number of carbonyl (C=O) groups is 1. The summed E-state index contributed by atoms with van der Waals surface area (Å²) in [6.45, 7) is 0. The van der Waals surface area contributed by atoms with E-state index in [2.05, 4.69) is 10.1 Å². The molecule has 1 amide bonds. The average Bonchev–Trinajstić information content (AvgIpc) is 3.22. The fraction of sp³-hybridized carbons (Fsp3) is 0.174. The van der Waals surface area contributed by atoms with Gasteiger partial charge in [0.05, 0.1) is 5.69 Å². The molecule has 3 aromatic carbocycles. The Bertz CT molecular complexity index is 1130. The van der Waals surface area contributed by atoms with Crippen molar-refractivity contribution in [3.63, 3.8) is 0 Å². The number of hydrogen-bond donors (Lipinski definition) is 0. The van der Waals surface area contributed by atoms with E-state index in [1.54, 1.807) is 24.1 Å². The van der Waals surface area contributed by atoms with E-state index in [-0.39, 0.29) is 11.7 Å². The van der Waals surface area contributed by atoms with Crippen LogP contribution in [0.5, 0.6) is 0 Å². The summed E-state index contributed by atoms with van der Waals surface area (Å²) in [7, 11) is 1.80. The Morgan fingerprint density at radius 1 is 1.03 bits per heavy atom. The maximum Gasteiger partial charge on any atom is 0.226 e. The molecule has 0 saturated heterocycles. The van der Waals surface area contributed by atoms with Crippen LogP contribution in [0.3, 0.4) is 0 Å². The number of benzene rings is 3. The fourth-order valence-electron chi connectivity index (χ4n) is 3.27. The lowest BCUT2D eigenvalue weighted by molar-refractivity contribution is -0.118. The van der Waals surface area contributed by atoms with Gasteiger partial charge in [0.2, 0.25) is 17.6 Å². The van der Waals surface area contributed by atoms with E-state index in [0.717, 1.165) is 16.5 Å². The fourth-order valence-corrected chi connectivity index (χ4v) is 3.27. The van der Waals surface area contributed by atoms with Gasteiger partial charge in [-0.2, -0.15) is 4.98 Å². The molecule has 0 atom stereocenters. The molecule has 0 bridgehead atoms. The van der Waals surface area contributed by atoms with E-state index < -0.39 is 0 Å². The van der Waals surface area contributed by atoms with Gasteiger partial charge in [0, 0.05) is 30.8 Å². The largest absolute Gasteiger partial charge is 0.339 e. The van der Waals surface area contributed by atoms with Crippen molar-refractivity contribution in [1.82, 2.24) is 10.1 Å². The molecule has 6 heteroatoms. The molecule has 0 spiro atoms. The van der Waals surface area contributed by atoms with Crippen LogP contribution < -0.4 is 4.90 Å². The number of anilines is 1. The topological polar surface area (TPSA) is 59.2 Å². The summed E-state index contributed by atoms with van der Waals surface area (Å²) in [4.78, 5) is 18.7.